The summed E-state index contributed by atoms with van der Waals surface area (Å²) in [5, 5.41) is 9.62. The predicted octanol–water partition coefficient (Wildman–Crippen LogP) is 4.59. The van der Waals surface area contributed by atoms with Gasteiger partial charge in [0.15, 0.2) is 5.82 Å². The number of carbonyl (C=O) groups is 1. The lowest BCUT2D eigenvalue weighted by atomic mass is 9.68. The third-order valence-electron chi connectivity index (χ3n) is 10.2. The van der Waals surface area contributed by atoms with E-state index in [0.29, 0.717) is 30.9 Å². The highest BCUT2D eigenvalue weighted by molar-refractivity contribution is 5.81. The van der Waals surface area contributed by atoms with Crippen molar-refractivity contribution >= 4 is 22.8 Å². The summed E-state index contributed by atoms with van der Waals surface area (Å²) in [5.41, 5.74) is 1.57. The number of carboxylic acids is 1. The molecule has 7 nitrogen and oxygen atoms in total. The van der Waals surface area contributed by atoms with Gasteiger partial charge in [-0.05, 0) is 75.3 Å². The normalized spacial score (nSPS) is 36.4. The molecule has 7 rings (SSSR count). The Morgan fingerprint density at radius 3 is 2.19 bits per heavy atom. The molecule has 4 heterocycles. The molecule has 0 radical (unpaired) electrons. The molecule has 1 aromatic heterocycles. The van der Waals surface area contributed by atoms with Crippen LogP contribution in [0, 0.1) is 11.8 Å². The Morgan fingerprint density at radius 1 is 0.833 bits per heavy atom. The summed E-state index contributed by atoms with van der Waals surface area (Å²) in [6.45, 7) is 0.575. The second-order valence-electron chi connectivity index (χ2n) is 12.3. The summed E-state index contributed by atoms with van der Waals surface area (Å²) < 4.78 is 2.01. The highest BCUT2D eigenvalue weighted by Crippen LogP contribution is 2.47. The Labute approximate surface area is 212 Å². The molecule has 2 saturated carbocycles. The van der Waals surface area contributed by atoms with Crippen molar-refractivity contribution in [3.05, 3.63) is 34.6 Å². The summed E-state index contributed by atoms with van der Waals surface area (Å²) >= 11 is 0. The first-order valence-corrected chi connectivity index (χ1v) is 14.3. The smallest absolute Gasteiger partial charge is 0.326 e. The maximum Gasteiger partial charge on any atom is 0.326 e. The van der Waals surface area contributed by atoms with Crippen LogP contribution in [0.3, 0.4) is 0 Å². The molecule has 1 aromatic carbocycles. The summed E-state index contributed by atoms with van der Waals surface area (Å²) in [4.78, 5) is 35.0. The van der Waals surface area contributed by atoms with Crippen LogP contribution >= 0.6 is 0 Å². The summed E-state index contributed by atoms with van der Waals surface area (Å²) in [6, 6.07) is 9.23. The van der Waals surface area contributed by atoms with E-state index in [9.17, 15) is 14.7 Å². The van der Waals surface area contributed by atoms with Crippen molar-refractivity contribution in [3.63, 3.8) is 0 Å². The second-order valence-corrected chi connectivity index (χ2v) is 12.3. The SMILES string of the molecule is O=C(O)C1CCN1c1nc2ccccc2n(C2C[C@@H]3CCC[C@@H](C2)N3C2C[C@H]3CCC[C@H](C2)C3)c1=O. The van der Waals surface area contributed by atoms with Gasteiger partial charge in [-0.1, -0.05) is 37.8 Å². The molecule has 1 N–H and O–H groups in total. The number of hydrogen-bond acceptors (Lipinski definition) is 5. The van der Waals surface area contributed by atoms with Crippen LogP contribution in [0.5, 0.6) is 0 Å². The number of nitrogens with zero attached hydrogens (tertiary/aromatic N) is 4. The minimum absolute atomic E-state index is 0.108. The lowest BCUT2D eigenvalue weighted by Crippen LogP contribution is -2.59. The van der Waals surface area contributed by atoms with E-state index in [1.165, 1.54) is 57.8 Å². The van der Waals surface area contributed by atoms with Crippen molar-refractivity contribution < 1.29 is 9.90 Å². The molecule has 2 aliphatic carbocycles. The van der Waals surface area contributed by atoms with E-state index in [1.54, 1.807) is 4.90 Å². The van der Waals surface area contributed by atoms with Gasteiger partial charge in [0.1, 0.15) is 6.04 Å². The number of fused-ring (bicyclic) bond motifs is 5. The number of para-hydroxylation sites is 2. The minimum Gasteiger partial charge on any atom is -0.480 e. The molecule has 2 aromatic rings. The van der Waals surface area contributed by atoms with Crippen molar-refractivity contribution in [3.8, 4) is 0 Å². The fraction of sp³-hybridized carbons (Fsp3) is 0.690. The summed E-state index contributed by atoms with van der Waals surface area (Å²) in [6.07, 6.45) is 14.8. The van der Waals surface area contributed by atoms with Crippen LogP contribution in [0.1, 0.15) is 83.1 Å². The first kappa shape index (κ1) is 22.8. The van der Waals surface area contributed by atoms with Crippen LogP contribution in [0.25, 0.3) is 11.0 Å². The lowest BCUT2D eigenvalue weighted by Gasteiger charge is -2.55. The fourth-order valence-corrected chi connectivity index (χ4v) is 8.72. The number of piperidine rings is 2. The number of rotatable bonds is 4. The molecule has 1 unspecified atom stereocenters. The third kappa shape index (κ3) is 3.68. The van der Waals surface area contributed by atoms with Crippen LogP contribution in [0.15, 0.2) is 29.1 Å². The van der Waals surface area contributed by atoms with Crippen LogP contribution in [-0.4, -0.2) is 56.2 Å². The van der Waals surface area contributed by atoms with Crippen LogP contribution in [0.4, 0.5) is 5.82 Å². The van der Waals surface area contributed by atoms with Crippen LogP contribution in [0.2, 0.25) is 0 Å². The third-order valence-corrected chi connectivity index (χ3v) is 10.2. The highest BCUT2D eigenvalue weighted by Gasteiger charge is 2.46. The van der Waals surface area contributed by atoms with Gasteiger partial charge in [0.25, 0.3) is 5.56 Å². The van der Waals surface area contributed by atoms with Gasteiger partial charge >= 0.3 is 5.97 Å². The fourth-order valence-electron chi connectivity index (χ4n) is 8.72. The van der Waals surface area contributed by atoms with E-state index in [4.69, 9.17) is 4.98 Å². The first-order valence-electron chi connectivity index (χ1n) is 14.3. The van der Waals surface area contributed by atoms with E-state index < -0.39 is 12.0 Å². The summed E-state index contributed by atoms with van der Waals surface area (Å²) in [5.74, 6) is 1.30. The zero-order valence-corrected chi connectivity index (χ0v) is 21.1. The average Bonchev–Trinajstić information content (AvgIpc) is 2.82. The quantitative estimate of drug-likeness (QED) is 0.676. The Hall–Kier alpha value is -2.41. The Bertz CT molecular complexity index is 1200. The standard InChI is InChI=1S/C29H38N4O3/c34-28-27(31-12-11-26(31)29(35)36)30-24-9-1-2-10-25(24)33(28)23-16-20-7-4-8-21(17-23)32(20)22-14-18-5-3-6-19(13-18)15-22/h1-2,9-10,18-23,26H,3-8,11-17H2,(H,35,36)/t18-,19-,20-,21-,26?/m0/s1. The largest absolute Gasteiger partial charge is 0.480 e. The van der Waals surface area contributed by atoms with Gasteiger partial charge in [-0.15, -0.1) is 0 Å². The predicted molar refractivity (Wildman–Crippen MR) is 139 cm³/mol. The molecule has 5 aliphatic rings. The average molecular weight is 491 g/mol. The van der Waals surface area contributed by atoms with Gasteiger partial charge in [0.05, 0.1) is 11.0 Å². The van der Waals surface area contributed by atoms with Crippen molar-refractivity contribution in [1.82, 2.24) is 14.5 Å². The molecule has 0 amide bonds. The van der Waals surface area contributed by atoms with E-state index >= 15 is 0 Å². The van der Waals surface area contributed by atoms with Crippen molar-refractivity contribution in [2.75, 3.05) is 11.4 Å². The molecule has 5 atom stereocenters. The van der Waals surface area contributed by atoms with Gasteiger partial charge in [0, 0.05) is 30.7 Å². The molecule has 7 heteroatoms. The zero-order valence-electron chi connectivity index (χ0n) is 21.1. The Morgan fingerprint density at radius 2 is 1.53 bits per heavy atom. The number of hydrogen-bond donors (Lipinski definition) is 1. The van der Waals surface area contributed by atoms with Crippen molar-refractivity contribution in [2.45, 2.75) is 107 Å². The molecule has 3 aliphatic heterocycles. The topological polar surface area (TPSA) is 78.7 Å². The molecular weight excluding hydrogens is 452 g/mol. The minimum atomic E-state index is -0.873. The Kier molecular flexibility index (Phi) is 5.60. The number of benzene rings is 1. The van der Waals surface area contributed by atoms with Gasteiger partial charge in [-0.2, -0.15) is 0 Å². The van der Waals surface area contributed by atoms with Gasteiger partial charge in [0.2, 0.25) is 0 Å². The van der Waals surface area contributed by atoms with Crippen LogP contribution in [-0.2, 0) is 4.79 Å². The Balaban J connectivity index is 1.23. The molecular formula is C29H38N4O3. The van der Waals surface area contributed by atoms with Crippen molar-refractivity contribution in [1.29, 1.82) is 0 Å². The van der Waals surface area contributed by atoms with Crippen LogP contribution < -0.4 is 10.5 Å². The lowest BCUT2D eigenvalue weighted by molar-refractivity contribution is -0.140. The number of anilines is 1. The van der Waals surface area contributed by atoms with Gasteiger partial charge in [-0.3, -0.25) is 9.69 Å². The number of aliphatic carboxylic acids is 1. The molecule has 4 bridgehead atoms. The van der Waals surface area contributed by atoms with E-state index in [-0.39, 0.29) is 11.6 Å². The molecule has 0 spiro atoms. The maximum absolute atomic E-state index is 14.0. The molecule has 36 heavy (non-hydrogen) atoms. The van der Waals surface area contributed by atoms with Gasteiger partial charge < -0.3 is 14.6 Å². The highest BCUT2D eigenvalue weighted by atomic mass is 16.4. The van der Waals surface area contributed by atoms with Crippen molar-refractivity contribution in [2.24, 2.45) is 11.8 Å². The van der Waals surface area contributed by atoms with E-state index in [1.807, 2.05) is 28.8 Å². The molecule has 3 saturated heterocycles. The number of carboxylic acid groups (broad SMARTS) is 1. The first-order chi connectivity index (χ1) is 17.6. The number of aromatic nitrogens is 2. The summed E-state index contributed by atoms with van der Waals surface area (Å²) in [7, 11) is 0. The van der Waals surface area contributed by atoms with Gasteiger partial charge in [-0.25, -0.2) is 9.78 Å². The second kappa shape index (κ2) is 8.86. The molecule has 192 valence electrons. The zero-order chi connectivity index (χ0) is 24.4. The van der Waals surface area contributed by atoms with E-state index in [2.05, 4.69) is 4.90 Å². The molecule has 5 fully saturated rings. The monoisotopic (exact) mass is 490 g/mol. The maximum atomic E-state index is 14.0. The van der Waals surface area contributed by atoms with E-state index in [0.717, 1.165) is 41.8 Å².